The van der Waals surface area contributed by atoms with E-state index in [9.17, 15) is 4.39 Å². The molecule has 4 rings (SSSR count). The zero-order valence-electron chi connectivity index (χ0n) is 13.0. The van der Waals surface area contributed by atoms with Gasteiger partial charge in [0.05, 0.1) is 10.1 Å². The Kier molecular flexibility index (Phi) is 4.33. The minimum absolute atomic E-state index is 0.117. The molecule has 0 fully saturated rings. The quantitative estimate of drug-likeness (QED) is 0.516. The van der Waals surface area contributed by atoms with Gasteiger partial charge in [-0.1, -0.05) is 17.8 Å². The fourth-order valence-electron chi connectivity index (χ4n) is 2.14. The van der Waals surface area contributed by atoms with Crippen LogP contribution in [0.15, 0.2) is 51.4 Å². The lowest BCUT2D eigenvalue weighted by Crippen LogP contribution is -1.89. The molecule has 0 amide bonds. The molecule has 0 aliphatic heterocycles. The lowest BCUT2D eigenvalue weighted by molar-refractivity contribution is 0.509. The summed E-state index contributed by atoms with van der Waals surface area (Å²) in [4.78, 5) is 5.50. The average Bonchev–Trinajstić information content (AvgIpc) is 3.36. The second kappa shape index (κ2) is 6.77. The van der Waals surface area contributed by atoms with E-state index in [1.807, 2.05) is 24.4 Å². The molecule has 0 saturated heterocycles. The van der Waals surface area contributed by atoms with E-state index in [0.29, 0.717) is 22.5 Å². The Bertz CT molecular complexity index is 965. The van der Waals surface area contributed by atoms with Gasteiger partial charge in [-0.3, -0.25) is 5.10 Å². The van der Waals surface area contributed by atoms with Gasteiger partial charge in [0, 0.05) is 5.56 Å². The van der Waals surface area contributed by atoms with E-state index in [0.717, 1.165) is 10.7 Å². The molecule has 0 bridgehead atoms. The van der Waals surface area contributed by atoms with Crippen molar-refractivity contribution < 1.29 is 8.81 Å². The number of benzene rings is 1. The fraction of sp³-hybridized carbons (Fsp3) is 0.125. The first-order valence-corrected chi connectivity index (χ1v) is 9.17. The number of halogens is 1. The summed E-state index contributed by atoms with van der Waals surface area (Å²) in [5.74, 6) is 1.25. The number of nitrogens with one attached hydrogen (secondary N) is 1. The number of aromatic amines is 1. The maximum atomic E-state index is 13.0. The van der Waals surface area contributed by atoms with Gasteiger partial charge < -0.3 is 4.42 Å². The highest BCUT2D eigenvalue weighted by Gasteiger charge is 2.19. The molecule has 1 atom stereocenters. The monoisotopic (exact) mass is 373 g/mol. The summed E-state index contributed by atoms with van der Waals surface area (Å²) < 4.78 is 18.7. The SMILES string of the molecule is C[C@H](Sc1n[nH]c(-c2cccs2)n1)c1nnc(-c2ccc(F)cc2)o1. The number of aromatic nitrogens is 5. The smallest absolute Gasteiger partial charge is 0.247 e. The third-order valence-corrected chi connectivity index (χ3v) is 5.21. The van der Waals surface area contributed by atoms with E-state index in [1.165, 1.54) is 23.9 Å². The number of H-pyrrole nitrogens is 1. The van der Waals surface area contributed by atoms with Crippen molar-refractivity contribution in [3.63, 3.8) is 0 Å². The Morgan fingerprint density at radius 1 is 1.20 bits per heavy atom. The second-order valence-electron chi connectivity index (χ2n) is 5.16. The van der Waals surface area contributed by atoms with E-state index in [2.05, 4.69) is 25.4 Å². The normalized spacial score (nSPS) is 12.4. The molecule has 6 nitrogen and oxygen atoms in total. The predicted molar refractivity (Wildman–Crippen MR) is 93.7 cm³/mol. The molecule has 3 aromatic heterocycles. The molecule has 1 N–H and O–H groups in total. The summed E-state index contributed by atoms with van der Waals surface area (Å²) in [6.45, 7) is 1.94. The lowest BCUT2D eigenvalue weighted by Gasteiger charge is -2.02. The maximum Gasteiger partial charge on any atom is 0.247 e. The molecule has 0 unspecified atom stereocenters. The molecule has 0 aliphatic carbocycles. The van der Waals surface area contributed by atoms with Gasteiger partial charge in [0.15, 0.2) is 5.82 Å². The minimum Gasteiger partial charge on any atom is -0.419 e. The zero-order valence-corrected chi connectivity index (χ0v) is 14.6. The third-order valence-electron chi connectivity index (χ3n) is 3.38. The molecule has 0 aliphatic rings. The van der Waals surface area contributed by atoms with Crippen LogP contribution in [0.3, 0.4) is 0 Å². The van der Waals surface area contributed by atoms with Crippen molar-refractivity contribution in [1.29, 1.82) is 0 Å². The Morgan fingerprint density at radius 2 is 2.04 bits per heavy atom. The molecule has 0 saturated carbocycles. The van der Waals surface area contributed by atoms with Crippen LogP contribution in [0.5, 0.6) is 0 Å². The summed E-state index contributed by atoms with van der Waals surface area (Å²) >= 11 is 3.02. The summed E-state index contributed by atoms with van der Waals surface area (Å²) in [7, 11) is 0. The molecule has 3 heterocycles. The first-order chi connectivity index (χ1) is 12.2. The Morgan fingerprint density at radius 3 is 2.80 bits per heavy atom. The molecular formula is C16H12FN5OS2. The van der Waals surface area contributed by atoms with Crippen LogP contribution in [0, 0.1) is 5.82 Å². The van der Waals surface area contributed by atoms with Crippen molar-refractivity contribution in [2.75, 3.05) is 0 Å². The highest BCUT2D eigenvalue weighted by atomic mass is 32.2. The highest BCUT2D eigenvalue weighted by Crippen LogP contribution is 2.34. The largest absolute Gasteiger partial charge is 0.419 e. The lowest BCUT2D eigenvalue weighted by atomic mass is 10.2. The first-order valence-electron chi connectivity index (χ1n) is 7.41. The number of hydrogen-bond donors (Lipinski definition) is 1. The van der Waals surface area contributed by atoms with Crippen LogP contribution < -0.4 is 0 Å². The average molecular weight is 373 g/mol. The summed E-state index contributed by atoms with van der Waals surface area (Å²) in [5, 5.41) is 17.7. The van der Waals surface area contributed by atoms with Crippen molar-refractivity contribution >= 4 is 23.1 Å². The van der Waals surface area contributed by atoms with Crippen LogP contribution in [0.25, 0.3) is 22.2 Å². The highest BCUT2D eigenvalue weighted by molar-refractivity contribution is 7.99. The maximum absolute atomic E-state index is 13.0. The Hall–Kier alpha value is -2.52. The first kappa shape index (κ1) is 16.0. The van der Waals surface area contributed by atoms with Gasteiger partial charge in [-0.2, -0.15) is 0 Å². The summed E-state index contributed by atoms with van der Waals surface area (Å²) in [6, 6.07) is 9.87. The van der Waals surface area contributed by atoms with Crippen LogP contribution in [-0.2, 0) is 0 Å². The molecule has 25 heavy (non-hydrogen) atoms. The van der Waals surface area contributed by atoms with Crippen LogP contribution in [0.2, 0.25) is 0 Å². The number of nitrogens with zero attached hydrogens (tertiary/aromatic N) is 4. The third kappa shape index (κ3) is 3.47. The molecule has 0 radical (unpaired) electrons. The van der Waals surface area contributed by atoms with Gasteiger partial charge >= 0.3 is 0 Å². The molecular weight excluding hydrogens is 361 g/mol. The van der Waals surface area contributed by atoms with E-state index in [1.54, 1.807) is 23.5 Å². The molecule has 1 aromatic carbocycles. The zero-order chi connectivity index (χ0) is 17.2. The minimum atomic E-state index is -0.307. The second-order valence-corrected chi connectivity index (χ2v) is 7.41. The van der Waals surface area contributed by atoms with Crippen LogP contribution >= 0.6 is 23.1 Å². The van der Waals surface area contributed by atoms with Gasteiger partial charge in [-0.05, 0) is 42.6 Å². The Labute approximate surface area is 150 Å². The van der Waals surface area contributed by atoms with E-state index < -0.39 is 0 Å². The van der Waals surface area contributed by atoms with E-state index in [-0.39, 0.29) is 11.1 Å². The van der Waals surface area contributed by atoms with E-state index >= 15 is 0 Å². The fourth-order valence-corrected chi connectivity index (χ4v) is 3.56. The standard InChI is InChI=1S/C16H12FN5OS2/c1-9(25-16-18-13(19-22-16)12-3-2-8-24-12)14-20-21-15(23-14)10-4-6-11(17)7-5-10/h2-9H,1H3,(H,18,19,22)/t9-/m0/s1. The summed E-state index contributed by atoms with van der Waals surface area (Å²) in [6.07, 6.45) is 0. The number of thioether (sulfide) groups is 1. The molecule has 0 spiro atoms. The molecule has 4 aromatic rings. The number of thiophene rings is 1. The van der Waals surface area contributed by atoms with Gasteiger partial charge in [-0.15, -0.1) is 26.6 Å². The predicted octanol–water partition coefficient (Wildman–Crippen LogP) is 4.58. The van der Waals surface area contributed by atoms with Crippen molar-refractivity contribution in [3.8, 4) is 22.2 Å². The van der Waals surface area contributed by atoms with Crippen molar-refractivity contribution in [2.45, 2.75) is 17.3 Å². The molecule has 126 valence electrons. The van der Waals surface area contributed by atoms with Crippen molar-refractivity contribution in [2.24, 2.45) is 0 Å². The number of hydrogen-bond acceptors (Lipinski definition) is 7. The van der Waals surface area contributed by atoms with Crippen molar-refractivity contribution in [3.05, 3.63) is 53.5 Å². The van der Waals surface area contributed by atoms with Crippen LogP contribution in [0.4, 0.5) is 4.39 Å². The van der Waals surface area contributed by atoms with Gasteiger partial charge in [0.2, 0.25) is 16.9 Å². The molecule has 9 heteroatoms. The van der Waals surface area contributed by atoms with Crippen LogP contribution in [0.1, 0.15) is 18.1 Å². The number of rotatable bonds is 5. The van der Waals surface area contributed by atoms with Gasteiger partial charge in [0.25, 0.3) is 0 Å². The summed E-state index contributed by atoms with van der Waals surface area (Å²) in [5.41, 5.74) is 0.676. The van der Waals surface area contributed by atoms with Gasteiger partial charge in [-0.25, -0.2) is 9.37 Å². The van der Waals surface area contributed by atoms with Crippen LogP contribution in [-0.4, -0.2) is 25.4 Å². The van der Waals surface area contributed by atoms with Crippen molar-refractivity contribution in [1.82, 2.24) is 25.4 Å². The Balaban J connectivity index is 1.48. The van der Waals surface area contributed by atoms with Gasteiger partial charge in [0.1, 0.15) is 5.82 Å². The van der Waals surface area contributed by atoms with E-state index in [4.69, 9.17) is 4.42 Å². The topological polar surface area (TPSA) is 80.5 Å².